The van der Waals surface area contributed by atoms with E-state index in [2.05, 4.69) is 40.7 Å². The van der Waals surface area contributed by atoms with Crippen LogP contribution in [0.25, 0.3) is 21.9 Å². The van der Waals surface area contributed by atoms with Crippen molar-refractivity contribution in [2.24, 2.45) is 5.92 Å². The van der Waals surface area contributed by atoms with Crippen molar-refractivity contribution in [3.05, 3.63) is 103 Å². The Morgan fingerprint density at radius 3 is 2.00 bits per heavy atom. The van der Waals surface area contributed by atoms with E-state index in [0.717, 1.165) is 5.39 Å². The van der Waals surface area contributed by atoms with E-state index >= 15 is 0 Å². The zero-order valence-electron chi connectivity index (χ0n) is 19.1. The summed E-state index contributed by atoms with van der Waals surface area (Å²) in [7, 11) is 0. The Hall–Kier alpha value is -1.65. The molecule has 1 atom stereocenters. The fraction of sp³-hybridized carbons (Fsp3) is 0.192. The molecule has 1 aliphatic rings. The predicted molar refractivity (Wildman–Crippen MR) is 123 cm³/mol. The Morgan fingerprint density at radius 2 is 1.50 bits per heavy atom. The fourth-order valence-electron chi connectivity index (χ4n) is 3.32. The summed E-state index contributed by atoms with van der Waals surface area (Å²) in [5.41, 5.74) is 4.30. The molecule has 0 bridgehead atoms. The molecule has 4 rings (SSSR count). The number of benzene rings is 2. The van der Waals surface area contributed by atoms with Gasteiger partial charge in [-0.05, 0) is 11.6 Å². The third-order valence-electron chi connectivity index (χ3n) is 5.31. The first-order valence-corrected chi connectivity index (χ1v) is 13.4. The van der Waals surface area contributed by atoms with Crippen molar-refractivity contribution in [3.8, 4) is 11.1 Å². The minimum absolute atomic E-state index is 0. The Kier molecular flexibility index (Phi) is 12.5. The van der Waals surface area contributed by atoms with Crippen molar-refractivity contribution < 1.29 is 40.9 Å². The summed E-state index contributed by atoms with van der Waals surface area (Å²) in [6.07, 6.45) is 3.36. The van der Waals surface area contributed by atoms with Gasteiger partial charge in [-0.2, -0.15) is 11.1 Å². The van der Waals surface area contributed by atoms with Crippen LogP contribution in [0, 0.1) is 50.1 Å². The molecule has 3 aromatic rings. The second-order valence-corrected chi connectivity index (χ2v) is 6.98. The van der Waals surface area contributed by atoms with Gasteiger partial charge in [0.05, 0.1) is 0 Å². The Labute approximate surface area is 206 Å². The summed E-state index contributed by atoms with van der Waals surface area (Å²) in [4.78, 5) is 0. The van der Waals surface area contributed by atoms with E-state index in [1.807, 2.05) is 0 Å². The molecule has 0 nitrogen and oxygen atoms in total. The summed E-state index contributed by atoms with van der Waals surface area (Å²) in [6, 6.07) is 11.0. The Bertz CT molecular complexity index is 1130. The third kappa shape index (κ3) is 6.23. The van der Waals surface area contributed by atoms with Gasteiger partial charge in [0.15, 0.2) is 23.3 Å². The SMILES string of the molecule is CC1=[C-]C(C)C(C)=C1C.Fc1cc(-c2c[cH-]c3ccccc23)c(F)c(F)c1F.[CH3-].[CH3-].[Si]=[Zr]. The molecule has 1 unspecified atom stereocenters. The molecule has 0 heterocycles. The van der Waals surface area contributed by atoms with Crippen LogP contribution in [0.3, 0.4) is 0 Å². The van der Waals surface area contributed by atoms with Crippen molar-refractivity contribution in [2.45, 2.75) is 27.7 Å². The first-order valence-electron chi connectivity index (χ1n) is 9.23. The van der Waals surface area contributed by atoms with E-state index in [9.17, 15) is 17.6 Å². The molecule has 0 aromatic heterocycles. The van der Waals surface area contributed by atoms with Crippen LogP contribution in [0.2, 0.25) is 0 Å². The number of halogens is 4. The quantitative estimate of drug-likeness (QED) is 0.0977. The second kappa shape index (κ2) is 13.2. The number of hydrogen-bond acceptors (Lipinski definition) is 0. The number of rotatable bonds is 1. The van der Waals surface area contributed by atoms with Gasteiger partial charge < -0.3 is 14.9 Å². The van der Waals surface area contributed by atoms with E-state index in [4.69, 9.17) is 0 Å². The van der Waals surface area contributed by atoms with E-state index in [0.29, 0.717) is 22.9 Å². The summed E-state index contributed by atoms with van der Waals surface area (Å²) < 4.78 is 53.2. The molecule has 1 aliphatic carbocycles. The summed E-state index contributed by atoms with van der Waals surface area (Å²) in [6.45, 7) is 11.7. The van der Waals surface area contributed by atoms with E-state index < -0.39 is 23.3 Å². The number of allylic oxidation sites excluding steroid dienone is 4. The van der Waals surface area contributed by atoms with Gasteiger partial charge in [-0.3, -0.25) is 6.08 Å². The number of fused-ring (bicyclic) bond motifs is 1. The molecule has 0 saturated carbocycles. The fourth-order valence-corrected chi connectivity index (χ4v) is 3.32. The zero-order chi connectivity index (χ0) is 22.6. The second-order valence-electron chi connectivity index (χ2n) is 6.98. The normalized spacial score (nSPS) is 14.3. The van der Waals surface area contributed by atoms with Gasteiger partial charge in [-0.15, -0.1) is 53.6 Å². The van der Waals surface area contributed by atoms with Crippen molar-refractivity contribution in [2.75, 3.05) is 0 Å². The van der Waals surface area contributed by atoms with Crippen LogP contribution in [-0.4, -0.2) is 6.88 Å². The average molecular weight is 534 g/mol. The minimum atomic E-state index is -1.79. The zero-order valence-corrected chi connectivity index (χ0v) is 22.6. The molecule has 32 heavy (non-hydrogen) atoms. The van der Waals surface area contributed by atoms with E-state index in [-0.39, 0.29) is 20.4 Å². The van der Waals surface area contributed by atoms with Crippen molar-refractivity contribution >= 4 is 17.7 Å². The van der Waals surface area contributed by atoms with Crippen LogP contribution in [0.4, 0.5) is 17.6 Å². The molecule has 6 heteroatoms. The van der Waals surface area contributed by atoms with Crippen LogP contribution in [-0.2, 0) is 23.3 Å². The van der Waals surface area contributed by atoms with Gasteiger partial charge in [-0.1, -0.05) is 32.8 Å². The molecule has 0 N–H and O–H groups in total. The van der Waals surface area contributed by atoms with Crippen LogP contribution in [0.1, 0.15) is 27.7 Å². The Morgan fingerprint density at radius 1 is 0.906 bits per heavy atom. The van der Waals surface area contributed by atoms with Crippen LogP contribution in [0.15, 0.2) is 59.2 Å². The van der Waals surface area contributed by atoms with Gasteiger partial charge in [0.2, 0.25) is 0 Å². The predicted octanol–water partition coefficient (Wildman–Crippen LogP) is 8.02. The standard InChI is InChI=1S/C15H7F4.C9H13.2CH3.Si.Zr/c16-12-7-11(13(17)15(19)14(12)18)10-6-5-8-3-1-2-4-9(8)10;1-6-5-7(2)9(4)8(6)3;;;;/h1-7H;6H,1-4H3;2*1H3;;/q4*-1;;. The molecule has 0 spiro atoms. The maximum atomic E-state index is 13.8. The topological polar surface area (TPSA) is 0 Å². The van der Waals surface area contributed by atoms with Crippen molar-refractivity contribution in [1.29, 1.82) is 0 Å². The van der Waals surface area contributed by atoms with Crippen molar-refractivity contribution in [1.82, 2.24) is 0 Å². The van der Waals surface area contributed by atoms with Crippen molar-refractivity contribution in [3.63, 3.8) is 0 Å². The third-order valence-corrected chi connectivity index (χ3v) is 5.31. The van der Waals surface area contributed by atoms with Crippen LogP contribution >= 0.6 is 0 Å². The molecule has 0 amide bonds. The summed E-state index contributed by atoms with van der Waals surface area (Å²) >= 11 is 1.36. The van der Waals surface area contributed by atoms with E-state index in [1.54, 1.807) is 36.4 Å². The first kappa shape index (κ1) is 30.4. The van der Waals surface area contributed by atoms with Gasteiger partial charge in [0.25, 0.3) is 0 Å². The monoisotopic (exact) mass is 532 g/mol. The number of hydrogen-bond donors (Lipinski definition) is 0. The molecular formula is C26H26F4SiZr-4. The van der Waals surface area contributed by atoms with Crippen LogP contribution in [0.5, 0.6) is 0 Å². The van der Waals surface area contributed by atoms with Crippen LogP contribution < -0.4 is 0 Å². The molecule has 3 aromatic carbocycles. The summed E-state index contributed by atoms with van der Waals surface area (Å²) in [5, 5.41) is 1.48. The van der Waals surface area contributed by atoms with Gasteiger partial charge >= 0.3 is 30.2 Å². The van der Waals surface area contributed by atoms with Gasteiger partial charge in [0, 0.05) is 0 Å². The molecule has 170 valence electrons. The molecule has 0 fully saturated rings. The average Bonchev–Trinajstić information content (AvgIpc) is 3.28. The molecule has 0 aliphatic heterocycles. The Balaban J connectivity index is 0.000000632. The maximum absolute atomic E-state index is 13.8. The van der Waals surface area contributed by atoms with Gasteiger partial charge in [0.1, 0.15) is 0 Å². The molecule has 2 radical (unpaired) electrons. The summed E-state index contributed by atoms with van der Waals surface area (Å²) in [5.74, 6) is -5.81. The molecular weight excluding hydrogens is 508 g/mol. The van der Waals surface area contributed by atoms with E-state index in [1.165, 1.54) is 40.1 Å². The van der Waals surface area contributed by atoms with Gasteiger partial charge in [-0.25, -0.2) is 23.1 Å². The first-order chi connectivity index (χ1) is 14.2. The molecule has 0 saturated heterocycles.